The minimum absolute atomic E-state index is 0.00432. The standard InChI is InChI=1S/C14H13BrINO/c15-13-5-4-10-8-12(3-2-11(10)9-13)14(18)17-7-1-6-16/h2-5,8-9H,1,6-7H2,(H,17,18). The minimum Gasteiger partial charge on any atom is -0.352 e. The number of carbonyl (C=O) groups is 1. The summed E-state index contributed by atoms with van der Waals surface area (Å²) in [7, 11) is 0. The third kappa shape index (κ3) is 3.45. The number of fused-ring (bicyclic) bond motifs is 1. The SMILES string of the molecule is O=C(NCCCI)c1ccc2cc(Br)ccc2c1. The van der Waals surface area contributed by atoms with Gasteiger partial charge < -0.3 is 5.32 Å². The lowest BCUT2D eigenvalue weighted by molar-refractivity contribution is 0.0954. The highest BCUT2D eigenvalue weighted by atomic mass is 127. The van der Waals surface area contributed by atoms with Gasteiger partial charge in [0.15, 0.2) is 0 Å². The number of hydrogen-bond donors (Lipinski definition) is 1. The lowest BCUT2D eigenvalue weighted by Gasteiger charge is -2.05. The van der Waals surface area contributed by atoms with Crippen molar-refractivity contribution in [2.24, 2.45) is 0 Å². The number of carbonyl (C=O) groups excluding carboxylic acids is 1. The van der Waals surface area contributed by atoms with Crippen LogP contribution in [0.15, 0.2) is 40.9 Å². The smallest absolute Gasteiger partial charge is 0.251 e. The molecular formula is C14H13BrINO. The molecule has 0 aliphatic rings. The first-order valence-electron chi connectivity index (χ1n) is 5.74. The summed E-state index contributed by atoms with van der Waals surface area (Å²) in [6.45, 7) is 0.736. The Kier molecular flexibility index (Phi) is 5.00. The Morgan fingerprint density at radius 1 is 1.17 bits per heavy atom. The molecule has 0 aliphatic heterocycles. The Balaban J connectivity index is 2.19. The molecule has 0 saturated carbocycles. The molecule has 94 valence electrons. The Labute approximate surface area is 128 Å². The third-order valence-electron chi connectivity index (χ3n) is 2.66. The van der Waals surface area contributed by atoms with Crippen LogP contribution in [0.4, 0.5) is 0 Å². The van der Waals surface area contributed by atoms with Gasteiger partial charge in [0.2, 0.25) is 0 Å². The quantitative estimate of drug-likeness (QED) is 0.451. The van der Waals surface area contributed by atoms with Gasteiger partial charge >= 0.3 is 0 Å². The van der Waals surface area contributed by atoms with E-state index in [4.69, 9.17) is 0 Å². The number of halogens is 2. The van der Waals surface area contributed by atoms with Crippen LogP contribution >= 0.6 is 38.5 Å². The fourth-order valence-corrected chi connectivity index (χ4v) is 2.49. The highest BCUT2D eigenvalue weighted by molar-refractivity contribution is 14.1. The van der Waals surface area contributed by atoms with E-state index in [0.29, 0.717) is 0 Å². The summed E-state index contributed by atoms with van der Waals surface area (Å²) in [4.78, 5) is 11.9. The van der Waals surface area contributed by atoms with E-state index in [1.54, 1.807) is 0 Å². The highest BCUT2D eigenvalue weighted by Gasteiger charge is 2.05. The minimum atomic E-state index is 0.00432. The predicted octanol–water partition coefficient (Wildman–Crippen LogP) is 4.16. The molecule has 0 atom stereocenters. The van der Waals surface area contributed by atoms with E-state index in [2.05, 4.69) is 43.8 Å². The first-order chi connectivity index (χ1) is 8.70. The van der Waals surface area contributed by atoms with E-state index in [0.717, 1.165) is 38.2 Å². The summed E-state index contributed by atoms with van der Waals surface area (Å²) in [5.41, 5.74) is 0.721. The molecule has 0 aliphatic carbocycles. The number of benzene rings is 2. The van der Waals surface area contributed by atoms with Crippen molar-refractivity contribution >= 4 is 55.2 Å². The summed E-state index contributed by atoms with van der Waals surface area (Å²) in [5, 5.41) is 5.14. The molecule has 4 heteroatoms. The molecule has 0 radical (unpaired) electrons. The molecule has 2 aromatic carbocycles. The molecule has 0 fully saturated rings. The Bertz CT molecular complexity index is 571. The Hall–Kier alpha value is -0.620. The number of nitrogens with one attached hydrogen (secondary N) is 1. The van der Waals surface area contributed by atoms with Crippen molar-refractivity contribution < 1.29 is 4.79 Å². The maximum Gasteiger partial charge on any atom is 0.251 e. The highest BCUT2D eigenvalue weighted by Crippen LogP contribution is 2.20. The van der Waals surface area contributed by atoms with Gasteiger partial charge in [-0.15, -0.1) is 0 Å². The van der Waals surface area contributed by atoms with E-state index in [1.165, 1.54) is 0 Å². The van der Waals surface area contributed by atoms with Gasteiger partial charge in [0.05, 0.1) is 0 Å². The fourth-order valence-electron chi connectivity index (χ4n) is 1.73. The van der Waals surface area contributed by atoms with Crippen molar-refractivity contribution in [2.45, 2.75) is 6.42 Å². The number of alkyl halides is 1. The summed E-state index contributed by atoms with van der Waals surface area (Å²) in [6.07, 6.45) is 1.01. The molecule has 1 amide bonds. The number of hydrogen-bond acceptors (Lipinski definition) is 1. The number of amides is 1. The average Bonchev–Trinajstić information content (AvgIpc) is 2.38. The summed E-state index contributed by atoms with van der Waals surface area (Å²) >= 11 is 5.75. The van der Waals surface area contributed by atoms with Gasteiger partial charge in [-0.3, -0.25) is 4.79 Å². The lowest BCUT2D eigenvalue weighted by atomic mass is 10.1. The Morgan fingerprint density at radius 3 is 2.67 bits per heavy atom. The van der Waals surface area contributed by atoms with Gasteiger partial charge in [-0.25, -0.2) is 0 Å². The van der Waals surface area contributed by atoms with Crippen LogP contribution in [0, 0.1) is 0 Å². The van der Waals surface area contributed by atoms with Gasteiger partial charge in [-0.05, 0) is 41.5 Å². The topological polar surface area (TPSA) is 29.1 Å². The van der Waals surface area contributed by atoms with Crippen LogP contribution in [0.5, 0.6) is 0 Å². The van der Waals surface area contributed by atoms with Gasteiger partial charge in [0, 0.05) is 21.0 Å². The van der Waals surface area contributed by atoms with E-state index >= 15 is 0 Å². The second kappa shape index (κ2) is 6.52. The van der Waals surface area contributed by atoms with Crippen LogP contribution < -0.4 is 5.32 Å². The molecule has 2 aromatic rings. The van der Waals surface area contributed by atoms with Crippen molar-refractivity contribution in [1.29, 1.82) is 0 Å². The zero-order valence-electron chi connectivity index (χ0n) is 9.75. The van der Waals surface area contributed by atoms with Crippen LogP contribution in [0.2, 0.25) is 0 Å². The van der Waals surface area contributed by atoms with Crippen LogP contribution in [-0.2, 0) is 0 Å². The molecule has 2 nitrogen and oxygen atoms in total. The summed E-state index contributed by atoms with van der Waals surface area (Å²) in [6, 6.07) is 11.8. The van der Waals surface area contributed by atoms with Gasteiger partial charge in [0.1, 0.15) is 0 Å². The molecule has 0 aromatic heterocycles. The lowest BCUT2D eigenvalue weighted by Crippen LogP contribution is -2.24. The molecule has 0 spiro atoms. The second-order valence-electron chi connectivity index (χ2n) is 4.00. The monoisotopic (exact) mass is 417 g/mol. The molecule has 1 N–H and O–H groups in total. The van der Waals surface area contributed by atoms with E-state index < -0.39 is 0 Å². The van der Waals surface area contributed by atoms with Crippen LogP contribution in [0.1, 0.15) is 16.8 Å². The molecule has 0 heterocycles. The fraction of sp³-hybridized carbons (Fsp3) is 0.214. The zero-order chi connectivity index (χ0) is 13.0. The molecule has 0 saturated heterocycles. The second-order valence-corrected chi connectivity index (χ2v) is 6.00. The maximum atomic E-state index is 11.9. The largest absolute Gasteiger partial charge is 0.352 e. The van der Waals surface area contributed by atoms with Crippen molar-refractivity contribution in [2.75, 3.05) is 11.0 Å². The first kappa shape index (κ1) is 13.8. The molecule has 0 bridgehead atoms. The van der Waals surface area contributed by atoms with Crippen LogP contribution in [0.25, 0.3) is 10.8 Å². The molecule has 18 heavy (non-hydrogen) atoms. The zero-order valence-corrected chi connectivity index (χ0v) is 13.5. The first-order valence-corrected chi connectivity index (χ1v) is 8.06. The van der Waals surface area contributed by atoms with Crippen molar-refractivity contribution in [1.82, 2.24) is 5.32 Å². The van der Waals surface area contributed by atoms with E-state index in [9.17, 15) is 4.79 Å². The number of rotatable bonds is 4. The van der Waals surface area contributed by atoms with Crippen LogP contribution in [-0.4, -0.2) is 16.9 Å². The Morgan fingerprint density at radius 2 is 1.89 bits per heavy atom. The average molecular weight is 418 g/mol. The van der Waals surface area contributed by atoms with Crippen molar-refractivity contribution in [3.05, 3.63) is 46.4 Å². The third-order valence-corrected chi connectivity index (χ3v) is 3.92. The van der Waals surface area contributed by atoms with Gasteiger partial charge in [0.25, 0.3) is 5.91 Å². The predicted molar refractivity (Wildman–Crippen MR) is 87.5 cm³/mol. The normalized spacial score (nSPS) is 10.6. The molecule has 2 rings (SSSR count). The molecular weight excluding hydrogens is 405 g/mol. The van der Waals surface area contributed by atoms with E-state index in [-0.39, 0.29) is 5.91 Å². The van der Waals surface area contributed by atoms with Crippen LogP contribution in [0.3, 0.4) is 0 Å². The van der Waals surface area contributed by atoms with E-state index in [1.807, 2.05) is 36.4 Å². The van der Waals surface area contributed by atoms with Crippen molar-refractivity contribution in [3.63, 3.8) is 0 Å². The van der Waals surface area contributed by atoms with Crippen molar-refractivity contribution in [3.8, 4) is 0 Å². The molecule has 0 unspecified atom stereocenters. The van der Waals surface area contributed by atoms with Gasteiger partial charge in [-0.2, -0.15) is 0 Å². The maximum absolute atomic E-state index is 11.9. The summed E-state index contributed by atoms with van der Waals surface area (Å²) < 4.78 is 2.11. The van der Waals surface area contributed by atoms with Gasteiger partial charge in [-0.1, -0.05) is 50.7 Å². The summed E-state index contributed by atoms with van der Waals surface area (Å²) in [5.74, 6) is 0.00432.